The first-order chi connectivity index (χ1) is 12.0. The quantitative estimate of drug-likeness (QED) is 0.644. The monoisotopic (exact) mass is 352 g/mol. The standard InChI is InChI=1S/C20H21ClN4/c1-13-6-4-5-7-16(13)12-22-20-23-15(3)10-19(25-20)24-18-11-17(21)9-8-14(18)2/h4-11H,12H2,1-3H3,(H2,22,23,24,25). The first-order valence-corrected chi connectivity index (χ1v) is 8.56. The molecule has 0 bridgehead atoms. The summed E-state index contributed by atoms with van der Waals surface area (Å²) in [6.07, 6.45) is 0. The minimum atomic E-state index is 0.602. The van der Waals surface area contributed by atoms with Crippen molar-refractivity contribution in [3.63, 3.8) is 0 Å². The van der Waals surface area contributed by atoms with Crippen molar-refractivity contribution in [1.29, 1.82) is 0 Å². The van der Waals surface area contributed by atoms with Crippen molar-refractivity contribution in [2.75, 3.05) is 10.6 Å². The zero-order valence-electron chi connectivity index (χ0n) is 14.6. The van der Waals surface area contributed by atoms with E-state index in [9.17, 15) is 0 Å². The Morgan fingerprint density at radius 2 is 1.72 bits per heavy atom. The van der Waals surface area contributed by atoms with Gasteiger partial charge in [-0.25, -0.2) is 4.98 Å². The maximum atomic E-state index is 6.09. The molecule has 4 nitrogen and oxygen atoms in total. The molecule has 0 radical (unpaired) electrons. The number of aromatic nitrogens is 2. The second-order valence-electron chi connectivity index (χ2n) is 6.08. The van der Waals surface area contributed by atoms with Crippen LogP contribution in [0, 0.1) is 20.8 Å². The number of rotatable bonds is 5. The lowest BCUT2D eigenvalue weighted by Crippen LogP contribution is -2.07. The SMILES string of the molecule is Cc1cc(Nc2cc(Cl)ccc2C)nc(NCc2ccccc2C)n1. The number of nitrogens with zero attached hydrogens (tertiary/aromatic N) is 2. The minimum absolute atomic E-state index is 0.602. The van der Waals surface area contributed by atoms with E-state index in [0.29, 0.717) is 17.5 Å². The third kappa shape index (κ3) is 4.48. The van der Waals surface area contributed by atoms with Gasteiger partial charge in [0, 0.05) is 29.0 Å². The van der Waals surface area contributed by atoms with E-state index in [1.807, 2.05) is 50.2 Å². The van der Waals surface area contributed by atoms with Crippen LogP contribution in [-0.4, -0.2) is 9.97 Å². The van der Waals surface area contributed by atoms with Gasteiger partial charge < -0.3 is 10.6 Å². The molecule has 2 N–H and O–H groups in total. The van der Waals surface area contributed by atoms with Crippen molar-refractivity contribution in [2.24, 2.45) is 0 Å². The Kier molecular flexibility index (Phi) is 5.19. The highest BCUT2D eigenvalue weighted by Crippen LogP contribution is 2.24. The van der Waals surface area contributed by atoms with Gasteiger partial charge in [-0.3, -0.25) is 0 Å². The van der Waals surface area contributed by atoms with Gasteiger partial charge in [0.15, 0.2) is 0 Å². The first kappa shape index (κ1) is 17.2. The summed E-state index contributed by atoms with van der Waals surface area (Å²) < 4.78 is 0. The minimum Gasteiger partial charge on any atom is -0.350 e. The maximum Gasteiger partial charge on any atom is 0.225 e. The van der Waals surface area contributed by atoms with Crippen molar-refractivity contribution < 1.29 is 0 Å². The number of hydrogen-bond acceptors (Lipinski definition) is 4. The number of hydrogen-bond donors (Lipinski definition) is 2. The summed E-state index contributed by atoms with van der Waals surface area (Å²) in [6, 6.07) is 16.0. The predicted molar refractivity (Wildman–Crippen MR) is 105 cm³/mol. The number of benzene rings is 2. The van der Waals surface area contributed by atoms with Crippen LogP contribution >= 0.6 is 11.6 Å². The lowest BCUT2D eigenvalue weighted by Gasteiger charge is -2.12. The van der Waals surface area contributed by atoms with Crippen LogP contribution in [0.3, 0.4) is 0 Å². The van der Waals surface area contributed by atoms with Gasteiger partial charge in [-0.05, 0) is 49.6 Å². The molecule has 2 aromatic carbocycles. The second-order valence-corrected chi connectivity index (χ2v) is 6.52. The van der Waals surface area contributed by atoms with E-state index in [4.69, 9.17) is 11.6 Å². The number of nitrogens with one attached hydrogen (secondary N) is 2. The molecular weight excluding hydrogens is 332 g/mol. The van der Waals surface area contributed by atoms with Gasteiger partial charge in [0.25, 0.3) is 0 Å². The van der Waals surface area contributed by atoms with Gasteiger partial charge in [-0.15, -0.1) is 0 Å². The average Bonchev–Trinajstić information content (AvgIpc) is 2.57. The molecule has 25 heavy (non-hydrogen) atoms. The molecule has 1 aromatic heterocycles. The third-order valence-electron chi connectivity index (χ3n) is 4.01. The Morgan fingerprint density at radius 1 is 0.920 bits per heavy atom. The fourth-order valence-corrected chi connectivity index (χ4v) is 2.73. The second kappa shape index (κ2) is 7.53. The molecule has 5 heteroatoms. The molecule has 3 rings (SSSR count). The zero-order valence-corrected chi connectivity index (χ0v) is 15.4. The highest BCUT2D eigenvalue weighted by Gasteiger charge is 2.06. The molecule has 0 aliphatic rings. The average molecular weight is 353 g/mol. The molecule has 0 fully saturated rings. The fourth-order valence-electron chi connectivity index (χ4n) is 2.56. The zero-order chi connectivity index (χ0) is 17.8. The van der Waals surface area contributed by atoms with Crippen LogP contribution in [0.25, 0.3) is 0 Å². The van der Waals surface area contributed by atoms with Gasteiger partial charge in [0.05, 0.1) is 0 Å². The molecule has 0 atom stereocenters. The first-order valence-electron chi connectivity index (χ1n) is 8.18. The fraction of sp³-hybridized carbons (Fsp3) is 0.200. The molecule has 0 aliphatic carbocycles. The normalized spacial score (nSPS) is 10.6. The summed E-state index contributed by atoms with van der Waals surface area (Å²) in [4.78, 5) is 9.04. The van der Waals surface area contributed by atoms with Crippen molar-refractivity contribution >= 4 is 29.1 Å². The summed E-state index contributed by atoms with van der Waals surface area (Å²) in [5.41, 5.74) is 5.42. The summed E-state index contributed by atoms with van der Waals surface area (Å²) in [5, 5.41) is 7.33. The third-order valence-corrected chi connectivity index (χ3v) is 4.25. The van der Waals surface area contributed by atoms with E-state index in [1.54, 1.807) is 0 Å². The number of anilines is 3. The molecule has 0 aliphatic heterocycles. The van der Waals surface area contributed by atoms with Gasteiger partial charge >= 0.3 is 0 Å². The summed E-state index contributed by atoms with van der Waals surface area (Å²) >= 11 is 6.09. The lowest BCUT2D eigenvalue weighted by molar-refractivity contribution is 1.02. The molecule has 0 saturated carbocycles. The smallest absolute Gasteiger partial charge is 0.225 e. The van der Waals surface area contributed by atoms with Crippen LogP contribution < -0.4 is 10.6 Å². The van der Waals surface area contributed by atoms with Crippen LogP contribution in [0.1, 0.15) is 22.4 Å². The van der Waals surface area contributed by atoms with E-state index < -0.39 is 0 Å². The molecule has 0 amide bonds. The highest BCUT2D eigenvalue weighted by molar-refractivity contribution is 6.30. The molecular formula is C20H21ClN4. The van der Waals surface area contributed by atoms with Crippen LogP contribution in [-0.2, 0) is 6.54 Å². The largest absolute Gasteiger partial charge is 0.350 e. The van der Waals surface area contributed by atoms with Gasteiger partial charge in [0.1, 0.15) is 5.82 Å². The van der Waals surface area contributed by atoms with Gasteiger partial charge in [0.2, 0.25) is 5.95 Å². The van der Waals surface area contributed by atoms with Crippen molar-refractivity contribution in [3.05, 3.63) is 75.9 Å². The van der Waals surface area contributed by atoms with Crippen molar-refractivity contribution in [2.45, 2.75) is 27.3 Å². The Labute approximate surface area is 153 Å². The van der Waals surface area contributed by atoms with Gasteiger partial charge in [-0.2, -0.15) is 4.98 Å². The van der Waals surface area contributed by atoms with E-state index in [-0.39, 0.29) is 0 Å². The molecule has 0 unspecified atom stereocenters. The molecule has 3 aromatic rings. The lowest BCUT2D eigenvalue weighted by atomic mass is 10.1. The van der Waals surface area contributed by atoms with E-state index in [0.717, 1.165) is 22.8 Å². The Balaban J connectivity index is 1.78. The van der Waals surface area contributed by atoms with Crippen LogP contribution in [0.5, 0.6) is 0 Å². The topological polar surface area (TPSA) is 49.8 Å². The number of halogens is 1. The Bertz CT molecular complexity index is 893. The Morgan fingerprint density at radius 3 is 2.52 bits per heavy atom. The summed E-state index contributed by atoms with van der Waals surface area (Å²) in [6.45, 7) is 6.77. The van der Waals surface area contributed by atoms with E-state index >= 15 is 0 Å². The van der Waals surface area contributed by atoms with E-state index in [2.05, 4.69) is 39.7 Å². The Hall–Kier alpha value is -2.59. The highest BCUT2D eigenvalue weighted by atomic mass is 35.5. The maximum absolute atomic E-state index is 6.09. The number of aryl methyl sites for hydroxylation is 3. The van der Waals surface area contributed by atoms with Gasteiger partial charge in [-0.1, -0.05) is 41.9 Å². The molecule has 0 saturated heterocycles. The van der Waals surface area contributed by atoms with E-state index in [1.165, 1.54) is 11.1 Å². The van der Waals surface area contributed by atoms with Crippen molar-refractivity contribution in [1.82, 2.24) is 9.97 Å². The summed E-state index contributed by atoms with van der Waals surface area (Å²) in [5.74, 6) is 1.34. The molecule has 128 valence electrons. The molecule has 1 heterocycles. The van der Waals surface area contributed by atoms with Crippen molar-refractivity contribution in [3.8, 4) is 0 Å². The summed E-state index contributed by atoms with van der Waals surface area (Å²) in [7, 11) is 0. The molecule has 0 spiro atoms. The van der Waals surface area contributed by atoms with Crippen LogP contribution in [0.4, 0.5) is 17.5 Å². The van der Waals surface area contributed by atoms with Crippen LogP contribution in [0.2, 0.25) is 5.02 Å². The van der Waals surface area contributed by atoms with Crippen LogP contribution in [0.15, 0.2) is 48.5 Å². The predicted octanol–water partition coefficient (Wildman–Crippen LogP) is 5.41.